The van der Waals surface area contributed by atoms with Gasteiger partial charge in [0.1, 0.15) is 11.5 Å². The number of benzene rings is 1. The number of ketones is 1. The monoisotopic (exact) mass is 544 g/mol. The number of rotatable bonds is 10. The number of nitrogens with one attached hydrogen (secondary N) is 1. The van der Waals surface area contributed by atoms with Gasteiger partial charge in [-0.3, -0.25) is 10.2 Å². The Labute approximate surface area is 218 Å². The quantitative estimate of drug-likeness (QED) is 0.323. The molecule has 2 heterocycles. The molecule has 0 spiro atoms. The molecule has 2 aromatic rings. The fourth-order valence-corrected chi connectivity index (χ4v) is 4.32. The summed E-state index contributed by atoms with van der Waals surface area (Å²) < 4.78 is 11.8. The SMILES string of the molecule is Br.COc1cc(C(=O)CN2Cc3ccc(C4CC4)nc3C2=N)cc(C(C)(C)C)c1OCCCCN. The van der Waals surface area contributed by atoms with E-state index in [0.717, 1.165) is 29.7 Å². The lowest BCUT2D eigenvalue weighted by atomic mass is 9.84. The molecule has 8 heteroatoms. The number of ether oxygens (including phenoxy) is 2. The molecule has 7 nitrogen and oxygen atoms in total. The van der Waals surface area contributed by atoms with Crippen molar-refractivity contribution in [3.05, 3.63) is 52.3 Å². The molecule has 1 fully saturated rings. The van der Waals surface area contributed by atoms with Crippen LogP contribution in [0.4, 0.5) is 0 Å². The Morgan fingerprint density at radius 3 is 2.60 bits per heavy atom. The number of Topliss-reactive ketones (excluding diaryl/α,β-unsaturated/α-hetero) is 1. The van der Waals surface area contributed by atoms with Crippen molar-refractivity contribution in [3.63, 3.8) is 0 Å². The summed E-state index contributed by atoms with van der Waals surface area (Å²) >= 11 is 0. The third-order valence-electron chi connectivity index (χ3n) is 6.48. The number of hydrogen-bond acceptors (Lipinski definition) is 6. The first-order chi connectivity index (χ1) is 16.2. The number of nitrogens with two attached hydrogens (primary N) is 1. The Bertz CT molecular complexity index is 1090. The number of halogens is 1. The van der Waals surface area contributed by atoms with Gasteiger partial charge in [0.2, 0.25) is 0 Å². The fraction of sp³-hybridized carbons (Fsp3) is 0.519. The lowest BCUT2D eigenvalue weighted by Gasteiger charge is -2.26. The van der Waals surface area contributed by atoms with E-state index in [2.05, 4.69) is 32.9 Å². The number of methoxy groups -OCH3 is 1. The number of carbonyl (C=O) groups is 1. The summed E-state index contributed by atoms with van der Waals surface area (Å²) in [7, 11) is 1.60. The van der Waals surface area contributed by atoms with E-state index in [4.69, 9.17) is 25.6 Å². The molecular formula is C27H37BrN4O3. The van der Waals surface area contributed by atoms with Gasteiger partial charge in [-0.15, -0.1) is 17.0 Å². The number of carbonyl (C=O) groups excluding carboxylic acids is 1. The van der Waals surface area contributed by atoms with Crippen LogP contribution in [0.3, 0.4) is 0 Å². The lowest BCUT2D eigenvalue weighted by Crippen LogP contribution is -2.30. The molecule has 1 aromatic carbocycles. The number of pyridine rings is 1. The van der Waals surface area contributed by atoms with Crippen LogP contribution in [0.1, 0.15) is 85.2 Å². The van der Waals surface area contributed by atoms with Gasteiger partial charge in [-0.05, 0) is 55.8 Å². The van der Waals surface area contributed by atoms with Crippen molar-refractivity contribution >= 4 is 28.6 Å². The normalized spacial score (nSPS) is 15.0. The first kappa shape index (κ1) is 27.1. The molecule has 0 unspecified atom stereocenters. The van der Waals surface area contributed by atoms with Gasteiger partial charge in [0.05, 0.1) is 20.3 Å². The van der Waals surface area contributed by atoms with Gasteiger partial charge in [0, 0.05) is 34.8 Å². The highest BCUT2D eigenvalue weighted by molar-refractivity contribution is 8.93. The van der Waals surface area contributed by atoms with Gasteiger partial charge in [-0.25, -0.2) is 4.98 Å². The zero-order chi connectivity index (χ0) is 24.5. The van der Waals surface area contributed by atoms with Crippen LogP contribution in [0.15, 0.2) is 24.3 Å². The van der Waals surface area contributed by atoms with E-state index in [1.54, 1.807) is 18.1 Å². The van der Waals surface area contributed by atoms with Crippen molar-refractivity contribution in [2.75, 3.05) is 26.8 Å². The maximum Gasteiger partial charge on any atom is 0.182 e. The Balaban J connectivity index is 0.00000342. The Morgan fingerprint density at radius 1 is 1.23 bits per heavy atom. The maximum absolute atomic E-state index is 13.4. The fourth-order valence-electron chi connectivity index (χ4n) is 4.32. The van der Waals surface area contributed by atoms with Crippen molar-refractivity contribution in [2.24, 2.45) is 5.73 Å². The van der Waals surface area contributed by atoms with Crippen LogP contribution < -0.4 is 15.2 Å². The Kier molecular flexibility index (Phi) is 8.59. The first-order valence-corrected chi connectivity index (χ1v) is 12.1. The van der Waals surface area contributed by atoms with Crippen molar-refractivity contribution in [3.8, 4) is 11.5 Å². The Hall–Kier alpha value is -2.45. The van der Waals surface area contributed by atoms with Gasteiger partial charge < -0.3 is 20.1 Å². The largest absolute Gasteiger partial charge is 0.493 e. The predicted octanol–water partition coefficient (Wildman–Crippen LogP) is 4.98. The highest BCUT2D eigenvalue weighted by atomic mass is 79.9. The number of amidine groups is 1. The topological polar surface area (TPSA) is 102 Å². The minimum atomic E-state index is -0.244. The summed E-state index contributed by atoms with van der Waals surface area (Å²) in [6.07, 6.45) is 4.10. The van der Waals surface area contributed by atoms with E-state index in [1.165, 1.54) is 12.8 Å². The number of hydrogen-bond donors (Lipinski definition) is 2. The summed E-state index contributed by atoms with van der Waals surface area (Å²) in [5.41, 5.74) is 9.64. The van der Waals surface area contributed by atoms with Crippen LogP contribution in [0.2, 0.25) is 0 Å². The molecule has 0 saturated heterocycles. The van der Waals surface area contributed by atoms with Crippen molar-refractivity contribution in [1.82, 2.24) is 9.88 Å². The molecule has 1 aromatic heterocycles. The zero-order valence-corrected chi connectivity index (χ0v) is 22.9. The van der Waals surface area contributed by atoms with Gasteiger partial charge in [-0.1, -0.05) is 26.8 Å². The molecule has 35 heavy (non-hydrogen) atoms. The minimum absolute atomic E-state index is 0. The van der Waals surface area contributed by atoms with Gasteiger partial charge in [-0.2, -0.15) is 0 Å². The molecule has 190 valence electrons. The number of unbranched alkanes of at least 4 members (excludes halogenated alkanes) is 1. The van der Waals surface area contributed by atoms with E-state index in [1.807, 2.05) is 6.07 Å². The smallest absolute Gasteiger partial charge is 0.182 e. The summed E-state index contributed by atoms with van der Waals surface area (Å²) in [5, 5.41) is 8.62. The molecule has 0 radical (unpaired) electrons. The second-order valence-electron chi connectivity index (χ2n) is 10.3. The number of fused-ring (bicyclic) bond motifs is 1. The standard InChI is InChI=1S/C27H36N4O3.BrH/c1-27(2,3)20-13-19(14-23(33-4)25(20)34-12-6-5-11-28)22(32)16-31-15-18-9-10-21(17-7-8-17)30-24(18)26(31)29;/h9-10,13-14,17,29H,5-8,11-12,15-16,28H2,1-4H3;1H. The first-order valence-electron chi connectivity index (χ1n) is 12.1. The van der Waals surface area contributed by atoms with Gasteiger partial charge >= 0.3 is 0 Å². The predicted molar refractivity (Wildman–Crippen MR) is 144 cm³/mol. The summed E-state index contributed by atoms with van der Waals surface area (Å²) in [4.78, 5) is 19.9. The van der Waals surface area contributed by atoms with E-state index in [0.29, 0.717) is 54.2 Å². The molecule has 0 amide bonds. The van der Waals surface area contributed by atoms with E-state index in [9.17, 15) is 4.79 Å². The third-order valence-corrected chi connectivity index (χ3v) is 6.48. The molecule has 1 aliphatic heterocycles. The minimum Gasteiger partial charge on any atom is -0.493 e. The highest BCUT2D eigenvalue weighted by Crippen LogP contribution is 2.41. The van der Waals surface area contributed by atoms with Crippen LogP contribution in [0.25, 0.3) is 0 Å². The highest BCUT2D eigenvalue weighted by Gasteiger charge is 2.32. The average molecular weight is 546 g/mol. The maximum atomic E-state index is 13.4. The van der Waals surface area contributed by atoms with E-state index >= 15 is 0 Å². The summed E-state index contributed by atoms with van der Waals surface area (Å²) in [6, 6.07) is 7.81. The average Bonchev–Trinajstić information content (AvgIpc) is 3.61. The van der Waals surface area contributed by atoms with Gasteiger partial charge in [0.25, 0.3) is 0 Å². The Morgan fingerprint density at radius 2 is 1.97 bits per heavy atom. The van der Waals surface area contributed by atoms with Crippen LogP contribution >= 0.6 is 17.0 Å². The van der Waals surface area contributed by atoms with Crippen LogP contribution in [0.5, 0.6) is 11.5 Å². The van der Waals surface area contributed by atoms with Crippen molar-refractivity contribution in [2.45, 2.75) is 64.3 Å². The van der Waals surface area contributed by atoms with E-state index < -0.39 is 0 Å². The molecule has 1 saturated carbocycles. The molecular weight excluding hydrogens is 508 g/mol. The second kappa shape index (κ2) is 11.1. The number of nitrogens with zero attached hydrogens (tertiary/aromatic N) is 2. The zero-order valence-electron chi connectivity index (χ0n) is 21.1. The molecule has 3 N–H and O–H groups in total. The summed E-state index contributed by atoms with van der Waals surface area (Å²) in [6.45, 7) is 8.12. The second-order valence-corrected chi connectivity index (χ2v) is 10.3. The third kappa shape index (κ3) is 6.04. The molecule has 2 aliphatic rings. The van der Waals surface area contributed by atoms with Crippen LogP contribution in [-0.4, -0.2) is 48.3 Å². The number of aromatic nitrogens is 1. The van der Waals surface area contributed by atoms with Crippen molar-refractivity contribution in [1.29, 1.82) is 5.41 Å². The van der Waals surface area contributed by atoms with E-state index in [-0.39, 0.29) is 34.7 Å². The van der Waals surface area contributed by atoms with Gasteiger partial charge in [0.15, 0.2) is 17.3 Å². The van der Waals surface area contributed by atoms with Crippen LogP contribution in [-0.2, 0) is 12.0 Å². The molecule has 1 aliphatic carbocycles. The molecule has 0 bridgehead atoms. The lowest BCUT2D eigenvalue weighted by molar-refractivity contribution is 0.0962. The molecule has 4 rings (SSSR count). The molecule has 0 atom stereocenters. The van der Waals surface area contributed by atoms with Crippen molar-refractivity contribution < 1.29 is 14.3 Å². The summed E-state index contributed by atoms with van der Waals surface area (Å²) in [5.74, 6) is 2.04. The van der Waals surface area contributed by atoms with Crippen LogP contribution in [0, 0.1) is 5.41 Å².